The fourth-order valence-corrected chi connectivity index (χ4v) is 2.49. The molecule has 2 heterocycles. The zero-order valence-corrected chi connectivity index (χ0v) is 11.8. The molecule has 0 fully saturated rings. The van der Waals surface area contributed by atoms with Crippen LogP contribution in [0.25, 0.3) is 22.3 Å². The van der Waals surface area contributed by atoms with E-state index in [0.717, 1.165) is 28.7 Å². The van der Waals surface area contributed by atoms with E-state index in [0.29, 0.717) is 6.54 Å². The zero-order chi connectivity index (χ0) is 14.1. The van der Waals surface area contributed by atoms with Crippen LogP contribution in [0.2, 0.25) is 0 Å². The van der Waals surface area contributed by atoms with E-state index in [4.69, 9.17) is 5.73 Å². The monoisotopic (exact) mass is 266 g/mol. The Bertz CT molecular complexity index is 758. The largest absolute Gasteiger partial charge is 0.346 e. The van der Waals surface area contributed by atoms with Crippen molar-refractivity contribution in [1.82, 2.24) is 15.0 Å². The summed E-state index contributed by atoms with van der Waals surface area (Å²) in [7, 11) is 0. The average molecular weight is 266 g/mol. The van der Waals surface area contributed by atoms with Crippen molar-refractivity contribution in [3.8, 4) is 11.3 Å². The Kier molecular flexibility index (Phi) is 3.24. The van der Waals surface area contributed by atoms with Gasteiger partial charge < -0.3 is 10.7 Å². The summed E-state index contributed by atoms with van der Waals surface area (Å²) in [5.74, 6) is 0. The Balaban J connectivity index is 2.24. The molecule has 0 atom stereocenters. The summed E-state index contributed by atoms with van der Waals surface area (Å²) in [5.41, 5.74) is 12.4. The SMILES string of the molecule is Cc1ccc(-c2ncnc3[nH]cc(CCN)c23)cc1C. The summed E-state index contributed by atoms with van der Waals surface area (Å²) in [6.45, 7) is 4.86. The molecule has 0 bridgehead atoms. The number of rotatable bonds is 3. The topological polar surface area (TPSA) is 67.6 Å². The summed E-state index contributed by atoms with van der Waals surface area (Å²) in [6, 6.07) is 6.42. The van der Waals surface area contributed by atoms with Gasteiger partial charge in [0.25, 0.3) is 0 Å². The van der Waals surface area contributed by atoms with Gasteiger partial charge in [-0.25, -0.2) is 9.97 Å². The highest BCUT2D eigenvalue weighted by Gasteiger charge is 2.12. The molecule has 20 heavy (non-hydrogen) atoms. The van der Waals surface area contributed by atoms with Gasteiger partial charge in [-0.2, -0.15) is 0 Å². The number of nitrogens with two attached hydrogens (primary N) is 1. The lowest BCUT2D eigenvalue weighted by molar-refractivity contribution is 0.976. The average Bonchev–Trinajstić information content (AvgIpc) is 2.86. The van der Waals surface area contributed by atoms with Crippen LogP contribution in [-0.2, 0) is 6.42 Å². The molecule has 0 saturated heterocycles. The van der Waals surface area contributed by atoms with Gasteiger partial charge in [0.2, 0.25) is 0 Å². The number of aromatic amines is 1. The van der Waals surface area contributed by atoms with E-state index >= 15 is 0 Å². The molecule has 4 nitrogen and oxygen atoms in total. The van der Waals surface area contributed by atoms with Gasteiger partial charge in [-0.3, -0.25) is 0 Å². The van der Waals surface area contributed by atoms with Crippen molar-refractivity contribution in [3.05, 3.63) is 47.4 Å². The van der Waals surface area contributed by atoms with Gasteiger partial charge in [0.15, 0.2) is 0 Å². The minimum absolute atomic E-state index is 0.619. The third kappa shape index (κ3) is 2.08. The summed E-state index contributed by atoms with van der Waals surface area (Å²) in [5, 5.41) is 1.08. The number of hydrogen-bond donors (Lipinski definition) is 2. The molecule has 3 aromatic rings. The molecule has 0 aliphatic heterocycles. The summed E-state index contributed by atoms with van der Waals surface area (Å²) in [4.78, 5) is 12.0. The number of aromatic nitrogens is 3. The smallest absolute Gasteiger partial charge is 0.141 e. The normalized spacial score (nSPS) is 11.2. The minimum atomic E-state index is 0.619. The Hall–Kier alpha value is -2.20. The Morgan fingerprint density at radius 3 is 2.75 bits per heavy atom. The van der Waals surface area contributed by atoms with E-state index < -0.39 is 0 Å². The van der Waals surface area contributed by atoms with Gasteiger partial charge in [-0.05, 0) is 49.6 Å². The van der Waals surface area contributed by atoms with Crippen molar-refractivity contribution in [2.45, 2.75) is 20.3 Å². The van der Waals surface area contributed by atoms with Crippen molar-refractivity contribution >= 4 is 11.0 Å². The van der Waals surface area contributed by atoms with Crippen molar-refractivity contribution in [3.63, 3.8) is 0 Å². The first-order valence-corrected chi connectivity index (χ1v) is 6.79. The Morgan fingerprint density at radius 1 is 1.15 bits per heavy atom. The molecule has 0 unspecified atom stereocenters. The van der Waals surface area contributed by atoms with Crippen LogP contribution in [0.1, 0.15) is 16.7 Å². The second-order valence-corrected chi connectivity index (χ2v) is 5.10. The fourth-order valence-electron chi connectivity index (χ4n) is 2.49. The molecule has 3 rings (SSSR count). The van der Waals surface area contributed by atoms with E-state index in [2.05, 4.69) is 47.0 Å². The quantitative estimate of drug-likeness (QED) is 0.766. The highest BCUT2D eigenvalue weighted by Crippen LogP contribution is 2.29. The second-order valence-electron chi connectivity index (χ2n) is 5.10. The van der Waals surface area contributed by atoms with Crippen molar-refractivity contribution in [2.24, 2.45) is 5.73 Å². The Labute approximate surface area is 118 Å². The predicted octanol–water partition coefficient (Wildman–Crippen LogP) is 2.74. The molecule has 2 aromatic heterocycles. The van der Waals surface area contributed by atoms with Crippen LogP contribution >= 0.6 is 0 Å². The lowest BCUT2D eigenvalue weighted by atomic mass is 10.0. The number of nitrogens with one attached hydrogen (secondary N) is 1. The third-order valence-electron chi connectivity index (χ3n) is 3.75. The predicted molar refractivity (Wildman–Crippen MR) is 81.6 cm³/mol. The van der Waals surface area contributed by atoms with Crippen LogP contribution in [-0.4, -0.2) is 21.5 Å². The van der Waals surface area contributed by atoms with E-state index in [1.54, 1.807) is 6.33 Å². The molecule has 102 valence electrons. The zero-order valence-electron chi connectivity index (χ0n) is 11.8. The molecule has 4 heteroatoms. The van der Waals surface area contributed by atoms with E-state index in [1.807, 2.05) is 6.20 Å². The molecular weight excluding hydrogens is 248 g/mol. The van der Waals surface area contributed by atoms with Gasteiger partial charge in [0.1, 0.15) is 12.0 Å². The maximum absolute atomic E-state index is 5.69. The molecule has 1 aromatic carbocycles. The highest BCUT2D eigenvalue weighted by atomic mass is 14.9. The van der Waals surface area contributed by atoms with Crippen LogP contribution in [0.4, 0.5) is 0 Å². The van der Waals surface area contributed by atoms with Crippen molar-refractivity contribution in [1.29, 1.82) is 0 Å². The number of fused-ring (bicyclic) bond motifs is 1. The second kappa shape index (κ2) is 5.06. The lowest BCUT2D eigenvalue weighted by Gasteiger charge is -2.07. The highest BCUT2D eigenvalue weighted by molar-refractivity contribution is 5.93. The van der Waals surface area contributed by atoms with Gasteiger partial charge >= 0.3 is 0 Å². The molecule has 0 spiro atoms. The van der Waals surface area contributed by atoms with Crippen LogP contribution in [0.5, 0.6) is 0 Å². The lowest BCUT2D eigenvalue weighted by Crippen LogP contribution is -2.02. The van der Waals surface area contributed by atoms with Gasteiger partial charge in [0.05, 0.1) is 5.69 Å². The molecule has 0 radical (unpaired) electrons. The number of H-pyrrole nitrogens is 1. The van der Waals surface area contributed by atoms with E-state index in [1.165, 1.54) is 16.7 Å². The number of nitrogens with zero attached hydrogens (tertiary/aromatic N) is 2. The van der Waals surface area contributed by atoms with Crippen LogP contribution in [0.3, 0.4) is 0 Å². The molecule has 0 aliphatic rings. The molecule has 0 saturated carbocycles. The van der Waals surface area contributed by atoms with Crippen LogP contribution in [0.15, 0.2) is 30.7 Å². The van der Waals surface area contributed by atoms with E-state index in [-0.39, 0.29) is 0 Å². The maximum atomic E-state index is 5.69. The maximum Gasteiger partial charge on any atom is 0.141 e. The van der Waals surface area contributed by atoms with E-state index in [9.17, 15) is 0 Å². The standard InChI is InChI=1S/C16H18N4/c1-10-3-4-12(7-11(10)2)15-14-13(5-6-17)8-18-16(14)20-9-19-15/h3-4,7-9H,5-6,17H2,1-2H3,(H,18,19,20). The summed E-state index contributed by atoms with van der Waals surface area (Å²) < 4.78 is 0. The summed E-state index contributed by atoms with van der Waals surface area (Å²) in [6.07, 6.45) is 4.41. The van der Waals surface area contributed by atoms with Crippen LogP contribution in [0, 0.1) is 13.8 Å². The molecule has 0 amide bonds. The third-order valence-corrected chi connectivity index (χ3v) is 3.75. The van der Waals surface area contributed by atoms with Crippen LogP contribution < -0.4 is 5.73 Å². The number of aryl methyl sites for hydroxylation is 2. The molecular formula is C16H18N4. The minimum Gasteiger partial charge on any atom is -0.346 e. The first kappa shape index (κ1) is 12.8. The number of benzene rings is 1. The van der Waals surface area contributed by atoms with Gasteiger partial charge in [-0.15, -0.1) is 0 Å². The molecule has 0 aliphatic carbocycles. The molecule has 3 N–H and O–H groups in total. The van der Waals surface area contributed by atoms with Crippen molar-refractivity contribution in [2.75, 3.05) is 6.54 Å². The Morgan fingerprint density at radius 2 is 2.00 bits per heavy atom. The van der Waals surface area contributed by atoms with Crippen molar-refractivity contribution < 1.29 is 0 Å². The first-order chi connectivity index (χ1) is 9.70. The fraction of sp³-hybridized carbons (Fsp3) is 0.250. The van der Waals surface area contributed by atoms with Gasteiger partial charge in [-0.1, -0.05) is 12.1 Å². The van der Waals surface area contributed by atoms with Gasteiger partial charge in [0, 0.05) is 17.1 Å². The first-order valence-electron chi connectivity index (χ1n) is 6.79. The summed E-state index contributed by atoms with van der Waals surface area (Å²) >= 11 is 0. The number of hydrogen-bond acceptors (Lipinski definition) is 3.